The smallest absolute Gasteiger partial charge is 0.272 e. The minimum Gasteiger partial charge on any atom is -0.497 e. The third kappa shape index (κ3) is 9.12. The summed E-state index contributed by atoms with van der Waals surface area (Å²) in [6.07, 6.45) is 1.64. The van der Waals surface area contributed by atoms with Gasteiger partial charge >= 0.3 is 0 Å². The molecule has 0 saturated carbocycles. The van der Waals surface area contributed by atoms with E-state index in [1.165, 1.54) is 18.9 Å². The van der Waals surface area contributed by atoms with Gasteiger partial charge in [0.25, 0.3) is 11.8 Å². The van der Waals surface area contributed by atoms with Crippen molar-refractivity contribution in [2.75, 3.05) is 30.6 Å². The van der Waals surface area contributed by atoms with E-state index < -0.39 is 11.8 Å². The van der Waals surface area contributed by atoms with E-state index in [0.29, 0.717) is 28.4 Å². The molecule has 0 atom stereocenters. The van der Waals surface area contributed by atoms with Gasteiger partial charge in [0.15, 0.2) is 0 Å². The molecule has 5 rings (SSSR count). The van der Waals surface area contributed by atoms with Crippen LogP contribution in [0.2, 0.25) is 0 Å². The van der Waals surface area contributed by atoms with Crippen molar-refractivity contribution in [3.8, 4) is 22.6 Å². The van der Waals surface area contributed by atoms with Gasteiger partial charge in [-0.3, -0.25) is 14.4 Å². The highest BCUT2D eigenvalue weighted by molar-refractivity contribution is 8.00. The zero-order chi connectivity index (χ0) is 33.0. The number of hydrogen-bond donors (Lipinski definition) is 3. The molecule has 0 heterocycles. The number of methoxy groups -OCH3 is 2. The van der Waals surface area contributed by atoms with Crippen LogP contribution in [0.25, 0.3) is 17.2 Å². The quantitative estimate of drug-likeness (QED) is 0.0960. The average Bonchev–Trinajstić information content (AvgIpc) is 3.12. The Morgan fingerprint density at radius 3 is 2.02 bits per heavy atom. The summed E-state index contributed by atoms with van der Waals surface area (Å²) < 4.78 is 10.6. The van der Waals surface area contributed by atoms with Gasteiger partial charge in [0.05, 0.1) is 25.7 Å². The molecule has 9 heteroatoms. The van der Waals surface area contributed by atoms with Crippen LogP contribution in [0.3, 0.4) is 0 Å². The lowest BCUT2D eigenvalue weighted by molar-refractivity contribution is -0.114. The first-order chi connectivity index (χ1) is 22.9. The SMILES string of the molecule is COc1ccc(NC(=O)CSc2ccc(NC(=O)/C(=C/c3ccc(-c4ccccc4)cc3)NC(=O)c3ccccc3)cc2)c(OC)c1. The van der Waals surface area contributed by atoms with Crippen molar-refractivity contribution in [1.29, 1.82) is 0 Å². The highest BCUT2D eigenvalue weighted by Gasteiger charge is 2.16. The van der Waals surface area contributed by atoms with Gasteiger partial charge in [-0.15, -0.1) is 11.8 Å². The maximum atomic E-state index is 13.5. The van der Waals surface area contributed by atoms with Crippen molar-refractivity contribution in [2.24, 2.45) is 0 Å². The molecule has 3 amide bonds. The van der Waals surface area contributed by atoms with Crippen LogP contribution in [0.5, 0.6) is 11.5 Å². The summed E-state index contributed by atoms with van der Waals surface area (Å²) in [5.74, 6) is 0.222. The number of benzene rings is 5. The Kier molecular flexibility index (Phi) is 11.1. The number of ether oxygens (including phenoxy) is 2. The van der Waals surface area contributed by atoms with Gasteiger partial charge in [-0.2, -0.15) is 0 Å². The van der Waals surface area contributed by atoms with Gasteiger partial charge in [0.2, 0.25) is 5.91 Å². The molecule has 0 unspecified atom stereocenters. The maximum Gasteiger partial charge on any atom is 0.272 e. The van der Waals surface area contributed by atoms with E-state index in [9.17, 15) is 14.4 Å². The first kappa shape index (κ1) is 32.6. The number of amides is 3. The number of anilines is 2. The van der Waals surface area contributed by atoms with Gasteiger partial charge < -0.3 is 25.4 Å². The zero-order valence-corrected chi connectivity index (χ0v) is 26.7. The van der Waals surface area contributed by atoms with Crippen LogP contribution in [0.15, 0.2) is 138 Å². The molecular formula is C38H33N3O5S. The van der Waals surface area contributed by atoms with E-state index in [4.69, 9.17) is 9.47 Å². The number of thioether (sulfide) groups is 1. The van der Waals surface area contributed by atoms with Crippen LogP contribution in [0.1, 0.15) is 15.9 Å². The van der Waals surface area contributed by atoms with Gasteiger partial charge in [-0.05, 0) is 71.3 Å². The van der Waals surface area contributed by atoms with E-state index in [1.807, 2.05) is 72.8 Å². The van der Waals surface area contributed by atoms with Crippen molar-refractivity contribution in [3.05, 3.63) is 144 Å². The fraction of sp³-hybridized carbons (Fsp3) is 0.0789. The summed E-state index contributed by atoms with van der Waals surface area (Å²) >= 11 is 1.35. The Bertz CT molecular complexity index is 1860. The summed E-state index contributed by atoms with van der Waals surface area (Å²) in [5.41, 5.74) is 4.48. The molecule has 0 fully saturated rings. The Hall–Kier alpha value is -5.80. The zero-order valence-electron chi connectivity index (χ0n) is 25.9. The third-order valence-corrected chi connectivity index (χ3v) is 8.03. The van der Waals surface area contributed by atoms with Crippen LogP contribution >= 0.6 is 11.8 Å². The molecule has 0 aliphatic carbocycles. The number of rotatable bonds is 12. The van der Waals surface area contributed by atoms with Gasteiger partial charge in [-0.1, -0.05) is 72.8 Å². The minimum atomic E-state index is -0.477. The topological polar surface area (TPSA) is 106 Å². The molecule has 0 aromatic heterocycles. The lowest BCUT2D eigenvalue weighted by atomic mass is 10.0. The van der Waals surface area contributed by atoms with Gasteiger partial charge in [-0.25, -0.2) is 0 Å². The van der Waals surface area contributed by atoms with Crippen LogP contribution in [-0.4, -0.2) is 37.7 Å². The molecule has 5 aromatic carbocycles. The molecule has 47 heavy (non-hydrogen) atoms. The van der Waals surface area contributed by atoms with Crippen LogP contribution in [-0.2, 0) is 9.59 Å². The predicted molar refractivity (Wildman–Crippen MR) is 188 cm³/mol. The third-order valence-electron chi connectivity index (χ3n) is 7.02. The first-order valence-electron chi connectivity index (χ1n) is 14.7. The van der Waals surface area contributed by atoms with Crippen LogP contribution in [0.4, 0.5) is 11.4 Å². The second-order valence-electron chi connectivity index (χ2n) is 10.2. The molecule has 0 saturated heterocycles. The van der Waals surface area contributed by atoms with Crippen LogP contribution in [0, 0.1) is 0 Å². The first-order valence-corrected chi connectivity index (χ1v) is 15.7. The number of carbonyl (C=O) groups is 3. The second kappa shape index (κ2) is 16.0. The molecule has 0 radical (unpaired) electrons. The molecule has 0 aliphatic heterocycles. The molecule has 236 valence electrons. The van der Waals surface area contributed by atoms with Gasteiger partial charge in [0, 0.05) is 22.2 Å². The Morgan fingerprint density at radius 1 is 0.702 bits per heavy atom. The summed E-state index contributed by atoms with van der Waals surface area (Å²) in [6, 6.07) is 38.7. The Morgan fingerprint density at radius 2 is 1.36 bits per heavy atom. The highest BCUT2D eigenvalue weighted by Crippen LogP contribution is 2.29. The van der Waals surface area contributed by atoms with Crippen molar-refractivity contribution in [3.63, 3.8) is 0 Å². The largest absolute Gasteiger partial charge is 0.497 e. The monoisotopic (exact) mass is 643 g/mol. The summed E-state index contributed by atoms with van der Waals surface area (Å²) in [6.45, 7) is 0. The number of hydrogen-bond acceptors (Lipinski definition) is 6. The van der Waals surface area contributed by atoms with Crippen molar-refractivity contribution < 1.29 is 23.9 Å². The molecule has 3 N–H and O–H groups in total. The summed E-state index contributed by atoms with van der Waals surface area (Å²) in [4.78, 5) is 39.9. The lowest BCUT2D eigenvalue weighted by Crippen LogP contribution is -2.30. The summed E-state index contributed by atoms with van der Waals surface area (Å²) in [5, 5.41) is 8.49. The van der Waals surface area contributed by atoms with Crippen LogP contribution < -0.4 is 25.4 Å². The molecule has 8 nitrogen and oxygen atoms in total. The van der Waals surface area contributed by atoms with Gasteiger partial charge in [0.1, 0.15) is 17.2 Å². The van der Waals surface area contributed by atoms with E-state index in [-0.39, 0.29) is 17.4 Å². The molecule has 0 aliphatic rings. The van der Waals surface area contributed by atoms with Crippen molar-refractivity contribution in [2.45, 2.75) is 4.90 Å². The second-order valence-corrected chi connectivity index (χ2v) is 11.3. The molecule has 0 spiro atoms. The number of carbonyl (C=O) groups excluding carboxylic acids is 3. The molecular weight excluding hydrogens is 611 g/mol. The minimum absolute atomic E-state index is 0.0930. The Labute approximate surface area is 277 Å². The fourth-order valence-electron chi connectivity index (χ4n) is 4.58. The predicted octanol–water partition coefficient (Wildman–Crippen LogP) is 7.51. The lowest BCUT2D eigenvalue weighted by Gasteiger charge is -2.12. The number of nitrogens with one attached hydrogen (secondary N) is 3. The van der Waals surface area contributed by atoms with E-state index in [2.05, 4.69) is 16.0 Å². The van der Waals surface area contributed by atoms with Crippen molar-refractivity contribution >= 4 is 46.9 Å². The standard InChI is InChI=1S/C38H33N3O5S/c1-45-31-19-22-33(35(24-31)46-2)40-36(42)25-47-32-20-17-30(18-21-32)39-38(44)34(41-37(43)29-11-7-4-8-12-29)23-26-13-15-28(16-14-26)27-9-5-3-6-10-27/h3-24H,25H2,1-2H3,(H,39,44)(H,40,42)(H,41,43)/b34-23-. The van der Waals surface area contributed by atoms with E-state index in [0.717, 1.165) is 21.6 Å². The molecule has 5 aromatic rings. The normalized spacial score (nSPS) is 10.9. The highest BCUT2D eigenvalue weighted by atomic mass is 32.2. The van der Waals surface area contributed by atoms with E-state index >= 15 is 0 Å². The summed E-state index contributed by atoms with van der Waals surface area (Å²) in [7, 11) is 3.09. The average molecular weight is 644 g/mol. The Balaban J connectivity index is 1.24. The maximum absolute atomic E-state index is 13.5. The fourth-order valence-corrected chi connectivity index (χ4v) is 5.28. The molecule has 0 bridgehead atoms. The van der Waals surface area contributed by atoms with E-state index in [1.54, 1.807) is 67.8 Å². The van der Waals surface area contributed by atoms with Crippen molar-refractivity contribution in [1.82, 2.24) is 5.32 Å².